The first-order valence-corrected chi connectivity index (χ1v) is 11.7. The summed E-state index contributed by atoms with van der Waals surface area (Å²) in [7, 11) is 0. The third-order valence-corrected chi connectivity index (χ3v) is 6.69. The number of likely N-dealkylation sites (tertiary alicyclic amines) is 1. The SMILES string of the molecule is CCC1CN(C(=O)N2CCC(C(=O)NCc3ccccc3Cl)CC2)c2cc(C)ccc2O1. The van der Waals surface area contributed by atoms with Crippen molar-refractivity contribution in [2.45, 2.75) is 45.8 Å². The molecule has 1 unspecified atom stereocenters. The quantitative estimate of drug-likeness (QED) is 0.722. The standard InChI is InChI=1S/C25H30ClN3O3/c1-3-20-16-29(22-14-17(2)8-9-23(22)32-20)25(31)28-12-10-18(11-13-28)24(30)27-15-19-6-4-5-7-21(19)26/h4-9,14,18,20H,3,10-13,15-16H2,1-2H3,(H,27,30). The van der Waals surface area contributed by atoms with E-state index in [4.69, 9.17) is 16.3 Å². The van der Waals surface area contributed by atoms with Crippen LogP contribution in [0.2, 0.25) is 5.02 Å². The first-order chi connectivity index (χ1) is 15.5. The number of carbonyl (C=O) groups is 2. The van der Waals surface area contributed by atoms with Crippen LogP contribution in [0.3, 0.4) is 0 Å². The van der Waals surface area contributed by atoms with E-state index in [2.05, 4.69) is 12.2 Å². The van der Waals surface area contributed by atoms with Crippen molar-refractivity contribution in [3.8, 4) is 5.75 Å². The molecule has 2 aromatic rings. The van der Waals surface area contributed by atoms with Crippen molar-refractivity contribution in [2.24, 2.45) is 5.92 Å². The number of nitrogens with one attached hydrogen (secondary N) is 1. The van der Waals surface area contributed by atoms with Crippen LogP contribution in [-0.2, 0) is 11.3 Å². The number of halogens is 1. The van der Waals surface area contributed by atoms with Crippen LogP contribution in [0.5, 0.6) is 5.75 Å². The average molecular weight is 456 g/mol. The third-order valence-electron chi connectivity index (χ3n) is 6.32. The van der Waals surface area contributed by atoms with Gasteiger partial charge in [0, 0.05) is 30.6 Å². The van der Waals surface area contributed by atoms with Gasteiger partial charge in [0.25, 0.3) is 0 Å². The molecule has 1 N–H and O–H groups in total. The number of piperidine rings is 1. The maximum absolute atomic E-state index is 13.4. The van der Waals surface area contributed by atoms with E-state index in [0.717, 1.165) is 29.0 Å². The smallest absolute Gasteiger partial charge is 0.324 e. The predicted molar refractivity (Wildman–Crippen MR) is 126 cm³/mol. The fraction of sp³-hybridized carbons (Fsp3) is 0.440. The van der Waals surface area contributed by atoms with E-state index < -0.39 is 0 Å². The molecule has 32 heavy (non-hydrogen) atoms. The lowest BCUT2D eigenvalue weighted by Crippen LogP contribution is -2.52. The van der Waals surface area contributed by atoms with Gasteiger partial charge < -0.3 is 15.0 Å². The Morgan fingerprint density at radius 3 is 2.62 bits per heavy atom. The van der Waals surface area contributed by atoms with E-state index in [1.54, 1.807) is 0 Å². The Morgan fingerprint density at radius 2 is 1.91 bits per heavy atom. The Hall–Kier alpha value is -2.73. The lowest BCUT2D eigenvalue weighted by atomic mass is 9.96. The monoisotopic (exact) mass is 455 g/mol. The van der Waals surface area contributed by atoms with Gasteiger partial charge in [-0.1, -0.05) is 42.8 Å². The van der Waals surface area contributed by atoms with Crippen molar-refractivity contribution in [1.82, 2.24) is 10.2 Å². The van der Waals surface area contributed by atoms with Crippen LogP contribution >= 0.6 is 11.6 Å². The molecule has 0 bridgehead atoms. The van der Waals surface area contributed by atoms with Crippen molar-refractivity contribution in [2.75, 3.05) is 24.5 Å². The second-order valence-electron chi connectivity index (χ2n) is 8.58. The molecule has 170 valence electrons. The molecule has 4 rings (SSSR count). The summed E-state index contributed by atoms with van der Waals surface area (Å²) < 4.78 is 6.05. The lowest BCUT2D eigenvalue weighted by Gasteiger charge is -2.39. The average Bonchev–Trinajstić information content (AvgIpc) is 2.82. The molecule has 0 radical (unpaired) electrons. The minimum absolute atomic E-state index is 0.00599. The molecule has 0 spiro atoms. The van der Waals surface area contributed by atoms with Crippen LogP contribution in [0.4, 0.5) is 10.5 Å². The van der Waals surface area contributed by atoms with Gasteiger partial charge in [-0.15, -0.1) is 0 Å². The van der Waals surface area contributed by atoms with Gasteiger partial charge in [-0.3, -0.25) is 9.69 Å². The van der Waals surface area contributed by atoms with E-state index in [-0.39, 0.29) is 24.0 Å². The summed E-state index contributed by atoms with van der Waals surface area (Å²) in [5.74, 6) is 0.690. The van der Waals surface area contributed by atoms with Gasteiger partial charge in [0.1, 0.15) is 11.9 Å². The van der Waals surface area contributed by atoms with Gasteiger partial charge >= 0.3 is 6.03 Å². The number of amides is 3. The van der Waals surface area contributed by atoms with Crippen molar-refractivity contribution < 1.29 is 14.3 Å². The van der Waals surface area contributed by atoms with Gasteiger partial charge in [0.2, 0.25) is 5.91 Å². The van der Waals surface area contributed by atoms with Crippen LogP contribution in [0.1, 0.15) is 37.3 Å². The van der Waals surface area contributed by atoms with Crippen molar-refractivity contribution in [3.63, 3.8) is 0 Å². The Balaban J connectivity index is 1.36. The maximum atomic E-state index is 13.4. The zero-order valence-electron chi connectivity index (χ0n) is 18.6. The van der Waals surface area contributed by atoms with E-state index >= 15 is 0 Å². The molecule has 1 fully saturated rings. The molecule has 1 atom stereocenters. The molecule has 0 saturated carbocycles. The van der Waals surface area contributed by atoms with E-state index in [1.165, 1.54) is 0 Å². The van der Waals surface area contributed by atoms with Gasteiger partial charge in [-0.25, -0.2) is 4.79 Å². The normalized spacial score (nSPS) is 18.7. The fourth-order valence-corrected chi connectivity index (χ4v) is 4.53. The maximum Gasteiger partial charge on any atom is 0.324 e. The predicted octanol–water partition coefficient (Wildman–Crippen LogP) is 4.77. The molecular weight excluding hydrogens is 426 g/mol. The summed E-state index contributed by atoms with van der Waals surface area (Å²) in [6, 6.07) is 13.5. The molecule has 2 heterocycles. The highest BCUT2D eigenvalue weighted by atomic mass is 35.5. The number of anilines is 1. The highest BCUT2D eigenvalue weighted by molar-refractivity contribution is 6.31. The van der Waals surface area contributed by atoms with E-state index in [0.29, 0.717) is 44.0 Å². The zero-order chi connectivity index (χ0) is 22.7. The molecule has 0 aromatic heterocycles. The number of aryl methyl sites for hydroxylation is 1. The lowest BCUT2D eigenvalue weighted by molar-refractivity contribution is -0.126. The number of rotatable bonds is 4. The Labute approximate surface area is 194 Å². The van der Waals surface area contributed by atoms with Gasteiger partial charge in [-0.2, -0.15) is 0 Å². The minimum Gasteiger partial charge on any atom is -0.486 e. The van der Waals surface area contributed by atoms with Crippen LogP contribution in [0, 0.1) is 12.8 Å². The molecule has 2 aliphatic rings. The molecule has 3 amide bonds. The van der Waals surface area contributed by atoms with Crippen LogP contribution in [-0.4, -0.2) is 42.6 Å². The Bertz CT molecular complexity index is 988. The third kappa shape index (κ3) is 4.85. The summed E-state index contributed by atoms with van der Waals surface area (Å²) in [6.45, 7) is 6.18. The van der Waals surface area contributed by atoms with Crippen molar-refractivity contribution in [1.29, 1.82) is 0 Å². The molecule has 0 aliphatic carbocycles. The molecule has 2 aromatic carbocycles. The van der Waals surface area contributed by atoms with Crippen LogP contribution in [0.25, 0.3) is 0 Å². The zero-order valence-corrected chi connectivity index (χ0v) is 19.4. The minimum atomic E-state index is -0.0934. The number of ether oxygens (including phenoxy) is 1. The summed E-state index contributed by atoms with van der Waals surface area (Å²) >= 11 is 6.18. The van der Waals surface area contributed by atoms with Gasteiger partial charge in [0.15, 0.2) is 0 Å². The van der Waals surface area contributed by atoms with E-state index in [1.807, 2.05) is 59.2 Å². The second-order valence-corrected chi connectivity index (χ2v) is 8.99. The Morgan fingerprint density at radius 1 is 1.16 bits per heavy atom. The first kappa shape index (κ1) is 22.5. The number of nitrogens with zero attached hydrogens (tertiary/aromatic N) is 2. The summed E-state index contributed by atoms with van der Waals surface area (Å²) in [6.07, 6.45) is 2.14. The van der Waals surface area contributed by atoms with E-state index in [9.17, 15) is 9.59 Å². The fourth-order valence-electron chi connectivity index (χ4n) is 4.32. The Kier molecular flexibility index (Phi) is 6.89. The number of benzene rings is 2. The molecule has 6 nitrogen and oxygen atoms in total. The number of urea groups is 1. The highest BCUT2D eigenvalue weighted by Crippen LogP contribution is 2.36. The summed E-state index contributed by atoms with van der Waals surface area (Å²) in [5.41, 5.74) is 2.83. The second kappa shape index (κ2) is 9.82. The van der Waals surface area contributed by atoms with Crippen molar-refractivity contribution in [3.05, 3.63) is 58.6 Å². The number of carbonyl (C=O) groups excluding carboxylic acids is 2. The largest absolute Gasteiger partial charge is 0.486 e. The van der Waals surface area contributed by atoms with Crippen LogP contribution in [0.15, 0.2) is 42.5 Å². The summed E-state index contributed by atoms with van der Waals surface area (Å²) in [5, 5.41) is 3.65. The number of fused-ring (bicyclic) bond motifs is 1. The van der Waals surface area contributed by atoms with Gasteiger partial charge in [-0.05, 0) is 55.5 Å². The first-order valence-electron chi connectivity index (χ1n) is 11.3. The highest BCUT2D eigenvalue weighted by Gasteiger charge is 2.34. The topological polar surface area (TPSA) is 61.9 Å². The van der Waals surface area contributed by atoms with Crippen molar-refractivity contribution >= 4 is 29.2 Å². The molecule has 2 aliphatic heterocycles. The molecule has 7 heteroatoms. The summed E-state index contributed by atoms with van der Waals surface area (Å²) in [4.78, 5) is 29.8. The molecule has 1 saturated heterocycles. The van der Waals surface area contributed by atoms with Crippen LogP contribution < -0.4 is 15.0 Å². The molecular formula is C25H30ClN3O3. The van der Waals surface area contributed by atoms with Gasteiger partial charge in [0.05, 0.1) is 12.2 Å². The number of hydrogen-bond acceptors (Lipinski definition) is 3. The number of hydrogen-bond donors (Lipinski definition) is 1.